The fraction of sp³-hybridized carbons (Fsp3) is 0.348. The molecule has 164 valence electrons. The first-order chi connectivity index (χ1) is 15.0. The standard InChI is InChI=1S/C23H26N2O6/c1-30-22(28)24-13-7-6-12-20(21(26)27)25-23(29)31-14-19-17-10-4-2-8-15(17)16-9-3-5-11-18(16)19/h2-5,8-11,19-20H,6-7,12-14H2,1H3,(H,24,28)(H,25,29)(H,26,27). The van der Waals surface area contributed by atoms with Gasteiger partial charge >= 0.3 is 18.2 Å². The van der Waals surface area contributed by atoms with Crippen LogP contribution in [0.2, 0.25) is 0 Å². The Morgan fingerprint density at radius 2 is 1.58 bits per heavy atom. The van der Waals surface area contributed by atoms with E-state index in [-0.39, 0.29) is 18.9 Å². The first-order valence-corrected chi connectivity index (χ1v) is 10.2. The predicted octanol–water partition coefficient (Wildman–Crippen LogP) is 3.50. The van der Waals surface area contributed by atoms with Gasteiger partial charge in [-0.25, -0.2) is 14.4 Å². The van der Waals surface area contributed by atoms with E-state index < -0.39 is 24.2 Å². The van der Waals surface area contributed by atoms with Crippen molar-refractivity contribution in [2.24, 2.45) is 0 Å². The van der Waals surface area contributed by atoms with Gasteiger partial charge in [0, 0.05) is 12.5 Å². The van der Waals surface area contributed by atoms with Gasteiger partial charge in [0.05, 0.1) is 7.11 Å². The summed E-state index contributed by atoms with van der Waals surface area (Å²) < 4.78 is 9.87. The third-order valence-electron chi connectivity index (χ3n) is 5.31. The van der Waals surface area contributed by atoms with Crippen LogP contribution in [-0.4, -0.2) is 49.6 Å². The van der Waals surface area contributed by atoms with E-state index in [0.29, 0.717) is 19.4 Å². The van der Waals surface area contributed by atoms with E-state index in [1.54, 1.807) is 0 Å². The summed E-state index contributed by atoms with van der Waals surface area (Å²) in [6.07, 6.45) is -0.00776. The number of ether oxygens (including phenoxy) is 2. The number of hydrogen-bond acceptors (Lipinski definition) is 5. The summed E-state index contributed by atoms with van der Waals surface area (Å²) in [4.78, 5) is 34.8. The van der Waals surface area contributed by atoms with Gasteiger partial charge in [0.25, 0.3) is 0 Å². The summed E-state index contributed by atoms with van der Waals surface area (Å²) >= 11 is 0. The molecular formula is C23H26N2O6. The summed E-state index contributed by atoms with van der Waals surface area (Å²) in [5.41, 5.74) is 4.42. The molecule has 8 nitrogen and oxygen atoms in total. The highest BCUT2D eigenvalue weighted by atomic mass is 16.5. The van der Waals surface area contributed by atoms with Crippen molar-refractivity contribution in [3.63, 3.8) is 0 Å². The lowest BCUT2D eigenvalue weighted by Gasteiger charge is -2.17. The van der Waals surface area contributed by atoms with Crippen LogP contribution < -0.4 is 10.6 Å². The monoisotopic (exact) mass is 426 g/mol. The molecule has 1 unspecified atom stereocenters. The van der Waals surface area contributed by atoms with Gasteiger partial charge in [0.2, 0.25) is 0 Å². The number of benzene rings is 2. The Labute approximate surface area is 180 Å². The Morgan fingerprint density at radius 3 is 2.16 bits per heavy atom. The molecule has 0 aromatic heterocycles. The number of carboxylic acids is 1. The van der Waals surface area contributed by atoms with Gasteiger partial charge in [-0.15, -0.1) is 0 Å². The van der Waals surface area contributed by atoms with E-state index >= 15 is 0 Å². The molecule has 31 heavy (non-hydrogen) atoms. The fourth-order valence-electron chi connectivity index (χ4n) is 3.78. The van der Waals surface area contributed by atoms with Crippen molar-refractivity contribution in [2.45, 2.75) is 31.2 Å². The molecule has 0 bridgehead atoms. The van der Waals surface area contributed by atoms with Gasteiger partial charge in [-0.05, 0) is 41.5 Å². The van der Waals surface area contributed by atoms with Gasteiger partial charge in [-0.1, -0.05) is 48.5 Å². The van der Waals surface area contributed by atoms with Crippen molar-refractivity contribution in [3.8, 4) is 11.1 Å². The molecule has 3 rings (SSSR count). The molecule has 8 heteroatoms. The smallest absolute Gasteiger partial charge is 0.407 e. The second-order valence-electron chi connectivity index (χ2n) is 7.27. The highest BCUT2D eigenvalue weighted by Crippen LogP contribution is 2.44. The van der Waals surface area contributed by atoms with Crippen LogP contribution in [0.1, 0.15) is 36.3 Å². The zero-order valence-corrected chi connectivity index (χ0v) is 17.3. The van der Waals surface area contributed by atoms with Crippen LogP contribution in [0.4, 0.5) is 9.59 Å². The molecule has 0 fully saturated rings. The molecular weight excluding hydrogens is 400 g/mol. The number of carbonyl (C=O) groups is 3. The lowest BCUT2D eigenvalue weighted by molar-refractivity contribution is -0.139. The number of hydrogen-bond donors (Lipinski definition) is 3. The fourth-order valence-corrected chi connectivity index (χ4v) is 3.78. The SMILES string of the molecule is COC(=O)NCCCCC(NC(=O)OCC1c2ccccc2-c2ccccc21)C(=O)O. The maximum atomic E-state index is 12.3. The Hall–Kier alpha value is -3.55. The minimum atomic E-state index is -1.13. The highest BCUT2D eigenvalue weighted by Gasteiger charge is 2.29. The number of aliphatic carboxylic acids is 1. The second kappa shape index (κ2) is 10.5. The van der Waals surface area contributed by atoms with Crippen molar-refractivity contribution in [1.29, 1.82) is 0 Å². The molecule has 0 heterocycles. The number of amides is 2. The summed E-state index contributed by atoms with van der Waals surface area (Å²) in [5, 5.41) is 14.3. The first-order valence-electron chi connectivity index (χ1n) is 10.2. The largest absolute Gasteiger partial charge is 0.480 e. The minimum absolute atomic E-state index is 0.0918. The van der Waals surface area contributed by atoms with Gasteiger partial charge in [0.1, 0.15) is 12.6 Å². The molecule has 2 amide bonds. The number of unbranched alkanes of at least 4 members (excludes halogenated alkanes) is 1. The molecule has 0 radical (unpaired) electrons. The summed E-state index contributed by atoms with van der Waals surface area (Å²) in [6, 6.07) is 14.9. The van der Waals surface area contributed by atoms with Gasteiger partial charge < -0.3 is 25.2 Å². The average Bonchev–Trinajstić information content (AvgIpc) is 3.10. The predicted molar refractivity (Wildman–Crippen MR) is 114 cm³/mol. The zero-order chi connectivity index (χ0) is 22.2. The van der Waals surface area contributed by atoms with E-state index in [2.05, 4.69) is 15.4 Å². The molecule has 1 aliphatic carbocycles. The summed E-state index contributed by atoms with van der Waals surface area (Å²) in [5.74, 6) is -1.22. The third kappa shape index (κ3) is 5.53. The molecule has 1 aliphatic rings. The first kappa shape index (κ1) is 22.1. The molecule has 0 saturated carbocycles. The third-order valence-corrected chi connectivity index (χ3v) is 5.31. The lowest BCUT2D eigenvalue weighted by atomic mass is 9.98. The Balaban J connectivity index is 1.52. The van der Waals surface area contributed by atoms with E-state index in [0.717, 1.165) is 22.3 Å². The van der Waals surface area contributed by atoms with Crippen LogP contribution in [0.3, 0.4) is 0 Å². The topological polar surface area (TPSA) is 114 Å². The van der Waals surface area contributed by atoms with Crippen molar-refractivity contribution in [3.05, 3.63) is 59.7 Å². The van der Waals surface area contributed by atoms with E-state index in [1.165, 1.54) is 7.11 Å². The summed E-state index contributed by atoms with van der Waals surface area (Å²) in [7, 11) is 1.27. The number of methoxy groups -OCH3 is 1. The summed E-state index contributed by atoms with van der Waals surface area (Å²) in [6.45, 7) is 0.485. The highest BCUT2D eigenvalue weighted by molar-refractivity contribution is 5.81. The van der Waals surface area contributed by atoms with Gasteiger partial charge in [-0.3, -0.25) is 0 Å². The Morgan fingerprint density at radius 1 is 0.968 bits per heavy atom. The number of rotatable bonds is 9. The van der Waals surface area contributed by atoms with E-state index in [1.807, 2.05) is 48.5 Å². The number of alkyl carbamates (subject to hydrolysis) is 2. The molecule has 0 aliphatic heterocycles. The number of fused-ring (bicyclic) bond motifs is 3. The Kier molecular flexibility index (Phi) is 7.48. The average molecular weight is 426 g/mol. The van der Waals surface area contributed by atoms with Crippen molar-refractivity contribution >= 4 is 18.2 Å². The molecule has 1 atom stereocenters. The maximum Gasteiger partial charge on any atom is 0.407 e. The van der Waals surface area contributed by atoms with Crippen LogP contribution in [0.25, 0.3) is 11.1 Å². The van der Waals surface area contributed by atoms with Crippen LogP contribution in [0.5, 0.6) is 0 Å². The number of carboxylic acid groups (broad SMARTS) is 1. The molecule has 0 spiro atoms. The van der Waals surface area contributed by atoms with Crippen LogP contribution in [0.15, 0.2) is 48.5 Å². The van der Waals surface area contributed by atoms with Crippen LogP contribution in [0, 0.1) is 0 Å². The Bertz CT molecular complexity index is 900. The van der Waals surface area contributed by atoms with E-state index in [9.17, 15) is 19.5 Å². The van der Waals surface area contributed by atoms with Crippen molar-refractivity contribution < 1.29 is 29.0 Å². The minimum Gasteiger partial charge on any atom is -0.480 e. The normalized spacial score (nSPS) is 12.9. The maximum absolute atomic E-state index is 12.3. The van der Waals surface area contributed by atoms with Gasteiger partial charge in [0.15, 0.2) is 0 Å². The molecule has 3 N–H and O–H groups in total. The quantitative estimate of drug-likeness (QED) is 0.529. The van der Waals surface area contributed by atoms with Crippen LogP contribution >= 0.6 is 0 Å². The second-order valence-corrected chi connectivity index (χ2v) is 7.27. The lowest BCUT2D eigenvalue weighted by Crippen LogP contribution is -2.41. The zero-order valence-electron chi connectivity index (χ0n) is 17.3. The molecule has 2 aromatic rings. The number of nitrogens with one attached hydrogen (secondary N) is 2. The molecule has 0 saturated heterocycles. The van der Waals surface area contributed by atoms with Gasteiger partial charge in [-0.2, -0.15) is 0 Å². The number of carbonyl (C=O) groups excluding carboxylic acids is 2. The van der Waals surface area contributed by atoms with Crippen LogP contribution in [-0.2, 0) is 14.3 Å². The van der Waals surface area contributed by atoms with Crippen molar-refractivity contribution in [1.82, 2.24) is 10.6 Å². The molecule has 2 aromatic carbocycles. The van der Waals surface area contributed by atoms with Crippen molar-refractivity contribution in [2.75, 3.05) is 20.3 Å². The van der Waals surface area contributed by atoms with E-state index in [4.69, 9.17) is 4.74 Å².